The second kappa shape index (κ2) is 6.79. The highest BCUT2D eigenvalue weighted by Crippen LogP contribution is 2.29. The molecular weight excluding hydrogens is 326 g/mol. The van der Waals surface area contributed by atoms with Gasteiger partial charge in [0.2, 0.25) is 0 Å². The zero-order chi connectivity index (χ0) is 17.9. The van der Waals surface area contributed by atoms with Crippen molar-refractivity contribution in [1.29, 1.82) is 0 Å². The molecule has 7 nitrogen and oxygen atoms in total. The third kappa shape index (κ3) is 2.95. The lowest BCUT2D eigenvalue weighted by Gasteiger charge is -2.18. The molecule has 7 heteroatoms. The second-order valence-electron chi connectivity index (χ2n) is 5.95. The van der Waals surface area contributed by atoms with Crippen LogP contribution in [0.2, 0.25) is 0 Å². The monoisotopic (exact) mass is 345 g/mol. The Bertz CT molecular complexity index is 1030. The number of fused-ring (bicyclic) bond motifs is 1. The summed E-state index contributed by atoms with van der Waals surface area (Å²) in [6.07, 6.45) is 5.99. The summed E-state index contributed by atoms with van der Waals surface area (Å²) in [6, 6.07) is 14.2. The predicted molar refractivity (Wildman–Crippen MR) is 102 cm³/mol. The Kier molecular flexibility index (Phi) is 4.18. The fourth-order valence-electron chi connectivity index (χ4n) is 3.01. The van der Waals surface area contributed by atoms with Crippen LogP contribution in [0.3, 0.4) is 0 Å². The number of hydrogen-bond acceptors (Lipinski definition) is 6. The normalized spacial score (nSPS) is 12.2. The third-order valence-corrected chi connectivity index (χ3v) is 4.28. The van der Waals surface area contributed by atoms with Crippen molar-refractivity contribution >= 4 is 17.3 Å². The van der Waals surface area contributed by atoms with Crippen LogP contribution < -0.4 is 11.1 Å². The van der Waals surface area contributed by atoms with Crippen molar-refractivity contribution in [3.8, 4) is 11.3 Å². The molecule has 0 spiro atoms. The molecule has 4 rings (SSSR count). The molecule has 1 atom stereocenters. The Hall–Kier alpha value is -3.48. The van der Waals surface area contributed by atoms with Gasteiger partial charge in [0.1, 0.15) is 12.1 Å². The smallest absolute Gasteiger partial charge is 0.166 e. The molecule has 3 aromatic heterocycles. The summed E-state index contributed by atoms with van der Waals surface area (Å²) in [6.45, 7) is 2.14. The summed E-state index contributed by atoms with van der Waals surface area (Å²) in [5.41, 5.74) is 9.39. The van der Waals surface area contributed by atoms with E-state index in [1.165, 1.54) is 11.9 Å². The molecular formula is C19H19N7. The molecule has 26 heavy (non-hydrogen) atoms. The third-order valence-electron chi connectivity index (χ3n) is 4.28. The van der Waals surface area contributed by atoms with Crippen molar-refractivity contribution in [3.05, 3.63) is 66.7 Å². The topological polar surface area (TPSA) is 94.0 Å². The van der Waals surface area contributed by atoms with E-state index in [0.29, 0.717) is 22.7 Å². The number of anilines is 2. The van der Waals surface area contributed by atoms with Gasteiger partial charge in [-0.3, -0.25) is 0 Å². The van der Waals surface area contributed by atoms with Crippen molar-refractivity contribution in [2.75, 3.05) is 11.1 Å². The highest BCUT2D eigenvalue weighted by molar-refractivity contribution is 5.84. The maximum absolute atomic E-state index is 6.10. The largest absolute Gasteiger partial charge is 0.382 e. The number of nitrogen functional groups attached to an aromatic ring is 1. The van der Waals surface area contributed by atoms with Gasteiger partial charge in [0, 0.05) is 18.5 Å². The molecule has 0 fully saturated rings. The number of aromatic nitrogens is 5. The average molecular weight is 345 g/mol. The molecule has 0 amide bonds. The summed E-state index contributed by atoms with van der Waals surface area (Å²) in [7, 11) is 0. The van der Waals surface area contributed by atoms with E-state index in [1.807, 2.05) is 36.5 Å². The van der Waals surface area contributed by atoms with Gasteiger partial charge >= 0.3 is 0 Å². The number of nitrogens with one attached hydrogen (secondary N) is 1. The Morgan fingerprint density at radius 1 is 1.12 bits per heavy atom. The van der Waals surface area contributed by atoms with Crippen LogP contribution in [-0.4, -0.2) is 24.6 Å². The minimum absolute atomic E-state index is 0.165. The number of nitrogens with zero attached hydrogens (tertiary/aromatic N) is 5. The molecule has 0 bridgehead atoms. The molecule has 0 radical (unpaired) electrons. The van der Waals surface area contributed by atoms with Gasteiger partial charge in [0.05, 0.1) is 17.3 Å². The van der Waals surface area contributed by atoms with Crippen molar-refractivity contribution in [2.24, 2.45) is 0 Å². The van der Waals surface area contributed by atoms with E-state index < -0.39 is 0 Å². The van der Waals surface area contributed by atoms with Crippen LogP contribution in [0.25, 0.3) is 16.9 Å². The molecule has 3 N–H and O–H groups in total. The lowest BCUT2D eigenvalue weighted by Crippen LogP contribution is -2.11. The maximum atomic E-state index is 6.10. The molecule has 0 aliphatic rings. The van der Waals surface area contributed by atoms with Crippen LogP contribution in [0.15, 0.2) is 61.2 Å². The van der Waals surface area contributed by atoms with Crippen molar-refractivity contribution in [1.82, 2.24) is 24.6 Å². The molecule has 0 saturated heterocycles. The van der Waals surface area contributed by atoms with Gasteiger partial charge in [0.25, 0.3) is 0 Å². The van der Waals surface area contributed by atoms with E-state index in [9.17, 15) is 0 Å². The standard InChI is InChI=1S/C19H19N7/c1-2-14(13-7-4-3-5-8-13)24-16-11-15(22-12-23-16)17-18(20)25-26-10-6-9-21-19(17)26/h3-12,14H,2H2,1H3,(H2,20,25)(H,22,23,24)/t14-/m0/s1. The zero-order valence-electron chi connectivity index (χ0n) is 14.4. The molecule has 3 heterocycles. The van der Waals surface area contributed by atoms with Crippen molar-refractivity contribution in [2.45, 2.75) is 19.4 Å². The molecule has 0 aliphatic carbocycles. The van der Waals surface area contributed by atoms with E-state index in [0.717, 1.165) is 12.2 Å². The maximum Gasteiger partial charge on any atom is 0.166 e. The van der Waals surface area contributed by atoms with Crippen molar-refractivity contribution < 1.29 is 0 Å². The Morgan fingerprint density at radius 2 is 1.96 bits per heavy atom. The summed E-state index contributed by atoms with van der Waals surface area (Å²) in [5, 5.41) is 7.77. The lowest BCUT2D eigenvalue weighted by molar-refractivity contribution is 0.744. The Labute approximate surface area is 150 Å². The van der Waals surface area contributed by atoms with E-state index in [-0.39, 0.29) is 6.04 Å². The van der Waals surface area contributed by atoms with Crippen LogP contribution in [0.5, 0.6) is 0 Å². The van der Waals surface area contributed by atoms with Crippen LogP contribution in [0.4, 0.5) is 11.6 Å². The number of nitrogens with two attached hydrogens (primary N) is 1. The predicted octanol–water partition coefficient (Wildman–Crippen LogP) is 3.33. The minimum Gasteiger partial charge on any atom is -0.382 e. The lowest BCUT2D eigenvalue weighted by atomic mass is 10.0. The van der Waals surface area contributed by atoms with Gasteiger partial charge in [-0.25, -0.2) is 19.5 Å². The summed E-state index contributed by atoms with van der Waals surface area (Å²) in [4.78, 5) is 13.1. The van der Waals surface area contributed by atoms with Gasteiger partial charge in [0.15, 0.2) is 11.5 Å². The minimum atomic E-state index is 0.165. The van der Waals surface area contributed by atoms with Gasteiger partial charge in [-0.2, -0.15) is 0 Å². The van der Waals surface area contributed by atoms with E-state index >= 15 is 0 Å². The molecule has 0 saturated carbocycles. The van der Waals surface area contributed by atoms with E-state index in [4.69, 9.17) is 5.73 Å². The number of rotatable bonds is 5. The molecule has 4 aromatic rings. The number of benzene rings is 1. The summed E-state index contributed by atoms with van der Waals surface area (Å²) in [5.74, 6) is 1.13. The first-order valence-corrected chi connectivity index (χ1v) is 8.49. The van der Waals surface area contributed by atoms with Gasteiger partial charge < -0.3 is 11.1 Å². The SMILES string of the molecule is CC[C@H](Nc1cc(-c2c(N)nn3cccnc23)ncn1)c1ccccc1. The first kappa shape index (κ1) is 16.0. The highest BCUT2D eigenvalue weighted by Gasteiger charge is 2.16. The van der Waals surface area contributed by atoms with Gasteiger partial charge in [-0.1, -0.05) is 37.3 Å². The molecule has 130 valence electrons. The van der Waals surface area contributed by atoms with Crippen LogP contribution in [-0.2, 0) is 0 Å². The second-order valence-corrected chi connectivity index (χ2v) is 5.95. The summed E-state index contributed by atoms with van der Waals surface area (Å²) >= 11 is 0. The van der Waals surface area contributed by atoms with E-state index in [2.05, 4.69) is 44.4 Å². The van der Waals surface area contributed by atoms with Gasteiger partial charge in [-0.15, -0.1) is 5.10 Å². The van der Waals surface area contributed by atoms with Crippen LogP contribution in [0.1, 0.15) is 24.9 Å². The molecule has 1 aromatic carbocycles. The Balaban J connectivity index is 1.69. The van der Waals surface area contributed by atoms with E-state index in [1.54, 1.807) is 10.7 Å². The Morgan fingerprint density at radius 3 is 2.77 bits per heavy atom. The van der Waals surface area contributed by atoms with Crippen LogP contribution in [0, 0.1) is 0 Å². The average Bonchev–Trinajstić information content (AvgIpc) is 3.02. The van der Waals surface area contributed by atoms with Gasteiger partial charge in [-0.05, 0) is 18.1 Å². The fraction of sp³-hybridized carbons (Fsp3) is 0.158. The van der Waals surface area contributed by atoms with Crippen molar-refractivity contribution in [3.63, 3.8) is 0 Å². The van der Waals surface area contributed by atoms with Crippen LogP contribution >= 0.6 is 0 Å². The molecule has 0 aliphatic heterocycles. The summed E-state index contributed by atoms with van der Waals surface area (Å²) < 4.78 is 1.65. The number of hydrogen-bond donors (Lipinski definition) is 2. The molecule has 0 unspecified atom stereocenters. The quantitative estimate of drug-likeness (QED) is 0.576. The first-order valence-electron chi connectivity index (χ1n) is 8.49. The highest BCUT2D eigenvalue weighted by atomic mass is 15.3. The zero-order valence-corrected chi connectivity index (χ0v) is 14.4. The fourth-order valence-corrected chi connectivity index (χ4v) is 3.01. The first-order chi connectivity index (χ1) is 12.8.